The molecule has 1 aliphatic carbocycles. The Kier molecular flexibility index (Phi) is 6.10. The van der Waals surface area contributed by atoms with E-state index in [0.29, 0.717) is 6.04 Å². The molecule has 0 N–H and O–H groups in total. The van der Waals surface area contributed by atoms with Crippen LogP contribution >= 0.6 is 0 Å². The molecule has 2 aromatic carbocycles. The molecule has 0 fully saturated rings. The monoisotopic (exact) mass is 457 g/mol. The predicted octanol–water partition coefficient (Wildman–Crippen LogP) is 5.73. The van der Waals surface area contributed by atoms with E-state index in [4.69, 9.17) is 4.98 Å². The zero-order chi connectivity index (χ0) is 19.1. The molecule has 0 saturated carbocycles. The van der Waals surface area contributed by atoms with Crippen molar-refractivity contribution < 1.29 is 32.7 Å². The minimum Gasteiger partial charge on any atom is -0.480 e. The number of aryl methyl sites for hydroxylation is 1. The van der Waals surface area contributed by atoms with Crippen LogP contribution in [0.2, 0.25) is 0 Å². The fourth-order valence-electron chi connectivity index (χ4n) is 4.91. The second-order valence-electron chi connectivity index (χ2n) is 7.78. The van der Waals surface area contributed by atoms with E-state index in [2.05, 4.69) is 78.0 Å². The van der Waals surface area contributed by atoms with Gasteiger partial charge < -0.3 is 4.57 Å². The van der Waals surface area contributed by atoms with Crippen LogP contribution in [0.5, 0.6) is 0 Å². The van der Waals surface area contributed by atoms with Gasteiger partial charge in [-0.05, 0) is 37.4 Å². The zero-order valence-corrected chi connectivity index (χ0v) is 19.9. The van der Waals surface area contributed by atoms with Crippen LogP contribution in [0.25, 0.3) is 21.8 Å². The molecule has 0 saturated heterocycles. The minimum absolute atomic E-state index is 0. The molecule has 4 aromatic rings. The quantitative estimate of drug-likeness (QED) is 0.365. The molecule has 4 heteroatoms. The first-order valence-corrected chi connectivity index (χ1v) is 10.3. The predicted molar refractivity (Wildman–Crippen MR) is 116 cm³/mol. The molecule has 3 nitrogen and oxygen atoms in total. The van der Waals surface area contributed by atoms with Gasteiger partial charge in [-0.1, -0.05) is 82.8 Å². The van der Waals surface area contributed by atoms with Gasteiger partial charge >= 0.3 is 0 Å². The molecule has 29 heavy (non-hydrogen) atoms. The van der Waals surface area contributed by atoms with Crippen molar-refractivity contribution in [3.05, 3.63) is 84.7 Å². The van der Waals surface area contributed by atoms with Gasteiger partial charge in [-0.15, -0.1) is 7.05 Å². The van der Waals surface area contributed by atoms with Gasteiger partial charge in [0.15, 0.2) is 0 Å². The standard InChI is InChI=1S/C25H26N3.Y/c1-3-28(23-15-7-9-18-11-8-16-26-24(18)23)17-19-10-6-13-21-20-12-4-5-14-22(20)27(2)25(19)21;/h4-6,8,10-14,16,23H,2-3,7,9,15,17H2,1H3;/q-1;. The summed E-state index contributed by atoms with van der Waals surface area (Å²) in [5.41, 5.74) is 6.48. The second kappa shape index (κ2) is 8.59. The molecule has 1 aliphatic rings. The maximum absolute atomic E-state index is 4.77. The van der Waals surface area contributed by atoms with Crippen LogP contribution in [-0.2, 0) is 45.7 Å². The molecule has 0 aliphatic heterocycles. The summed E-state index contributed by atoms with van der Waals surface area (Å²) in [7, 11) is 4.36. The van der Waals surface area contributed by atoms with Crippen LogP contribution in [-0.4, -0.2) is 21.0 Å². The van der Waals surface area contributed by atoms with Crippen molar-refractivity contribution in [3.8, 4) is 0 Å². The zero-order valence-electron chi connectivity index (χ0n) is 17.0. The van der Waals surface area contributed by atoms with Gasteiger partial charge in [0, 0.05) is 45.5 Å². The molecule has 0 bridgehead atoms. The Morgan fingerprint density at radius 2 is 1.90 bits per heavy atom. The molecule has 5 rings (SSSR count). The van der Waals surface area contributed by atoms with Crippen molar-refractivity contribution in [3.63, 3.8) is 0 Å². The van der Waals surface area contributed by atoms with Gasteiger partial charge in [0.25, 0.3) is 0 Å². The van der Waals surface area contributed by atoms with Crippen molar-refractivity contribution in [1.29, 1.82) is 0 Å². The smallest absolute Gasteiger partial charge is 0.0607 e. The number of pyridine rings is 1. The number of aromatic nitrogens is 2. The van der Waals surface area contributed by atoms with Crippen LogP contribution < -0.4 is 0 Å². The van der Waals surface area contributed by atoms with Gasteiger partial charge in [-0.2, -0.15) is 0 Å². The summed E-state index contributed by atoms with van der Waals surface area (Å²) < 4.78 is 2.11. The molecule has 1 radical (unpaired) electrons. The average molecular weight is 457 g/mol. The molecule has 0 spiro atoms. The van der Waals surface area contributed by atoms with Crippen LogP contribution in [0.3, 0.4) is 0 Å². The van der Waals surface area contributed by atoms with Gasteiger partial charge in [-0.3, -0.25) is 9.88 Å². The van der Waals surface area contributed by atoms with Gasteiger partial charge in [0.1, 0.15) is 0 Å². The summed E-state index contributed by atoms with van der Waals surface area (Å²) in [4.78, 5) is 7.35. The van der Waals surface area contributed by atoms with E-state index in [0.717, 1.165) is 19.5 Å². The van der Waals surface area contributed by atoms with Crippen molar-refractivity contribution >= 4 is 21.8 Å². The van der Waals surface area contributed by atoms with E-state index in [1.54, 1.807) is 0 Å². The summed E-state index contributed by atoms with van der Waals surface area (Å²) in [5.74, 6) is 0. The molecule has 0 amide bonds. The van der Waals surface area contributed by atoms with Crippen LogP contribution in [0, 0.1) is 7.05 Å². The average Bonchev–Trinajstić information content (AvgIpc) is 3.05. The summed E-state index contributed by atoms with van der Waals surface area (Å²) >= 11 is 0. The number of nitrogens with zero attached hydrogens (tertiary/aromatic N) is 3. The van der Waals surface area contributed by atoms with Gasteiger partial charge in [0.05, 0.1) is 11.7 Å². The van der Waals surface area contributed by atoms with Crippen LogP contribution in [0.1, 0.15) is 42.6 Å². The third kappa shape index (κ3) is 3.54. The number of para-hydroxylation sites is 2. The van der Waals surface area contributed by atoms with E-state index in [1.165, 1.54) is 51.5 Å². The van der Waals surface area contributed by atoms with Crippen molar-refractivity contribution in [2.75, 3.05) is 6.54 Å². The Balaban J connectivity index is 0.00000205. The molecular formula is C25H26N3Y-. The molecule has 1 unspecified atom stereocenters. The van der Waals surface area contributed by atoms with Crippen molar-refractivity contribution in [2.45, 2.75) is 38.8 Å². The van der Waals surface area contributed by atoms with Gasteiger partial charge in [0.2, 0.25) is 0 Å². The normalized spacial score (nSPS) is 16.1. The van der Waals surface area contributed by atoms with E-state index < -0.39 is 0 Å². The summed E-state index contributed by atoms with van der Waals surface area (Å²) in [6, 6.07) is 19.9. The summed E-state index contributed by atoms with van der Waals surface area (Å²) in [6.07, 6.45) is 5.51. The van der Waals surface area contributed by atoms with Crippen LogP contribution in [0.15, 0.2) is 60.8 Å². The topological polar surface area (TPSA) is 21.1 Å². The number of rotatable bonds is 4. The van der Waals surface area contributed by atoms with E-state index in [-0.39, 0.29) is 32.7 Å². The Labute approximate surface area is 198 Å². The Morgan fingerprint density at radius 1 is 1.07 bits per heavy atom. The fourth-order valence-corrected chi connectivity index (χ4v) is 4.91. The number of hydrogen-bond donors (Lipinski definition) is 0. The Morgan fingerprint density at radius 3 is 2.76 bits per heavy atom. The van der Waals surface area contributed by atoms with Crippen molar-refractivity contribution in [1.82, 2.24) is 14.5 Å². The minimum atomic E-state index is 0. The summed E-state index contributed by atoms with van der Waals surface area (Å²) in [5, 5.41) is 2.57. The molecule has 2 aromatic heterocycles. The third-order valence-corrected chi connectivity index (χ3v) is 6.26. The first-order chi connectivity index (χ1) is 13.8. The Hall–Kier alpha value is -1.68. The molecule has 1 atom stereocenters. The SMILES string of the molecule is [CH2-]n1c2ccccc2c2cccc(CN(CC)C3CCCc4cccnc43)c21.[Y]. The number of benzene rings is 2. The number of fused-ring (bicyclic) bond motifs is 4. The summed E-state index contributed by atoms with van der Waals surface area (Å²) in [6.45, 7) is 4.19. The molecule has 2 heterocycles. The van der Waals surface area contributed by atoms with Crippen molar-refractivity contribution in [2.24, 2.45) is 0 Å². The molecular weight excluding hydrogens is 431 g/mol. The van der Waals surface area contributed by atoms with E-state index in [9.17, 15) is 0 Å². The van der Waals surface area contributed by atoms with E-state index >= 15 is 0 Å². The fraction of sp³-hybridized carbons (Fsp3) is 0.280. The first-order valence-electron chi connectivity index (χ1n) is 10.3. The van der Waals surface area contributed by atoms with Crippen LogP contribution in [0.4, 0.5) is 0 Å². The van der Waals surface area contributed by atoms with Gasteiger partial charge in [-0.25, -0.2) is 0 Å². The van der Waals surface area contributed by atoms with E-state index in [1.807, 2.05) is 6.20 Å². The maximum atomic E-state index is 4.77. The molecule has 145 valence electrons. The Bertz CT molecular complexity index is 1150. The second-order valence-corrected chi connectivity index (χ2v) is 7.78. The maximum Gasteiger partial charge on any atom is 0.0607 e. The first kappa shape index (κ1) is 20.6. The third-order valence-electron chi connectivity index (χ3n) is 6.26. The number of hydrogen-bond acceptors (Lipinski definition) is 2. The largest absolute Gasteiger partial charge is 0.480 e.